The standard InChI is InChI=1S/C21H26N6O/c1-16-24-19(14-20(25-16)26-11-4-5-12-26)22-9-10-23-21(28)15-27-13-8-17-6-2-3-7-18(17)27/h2-3,6-8,13-14H,4-5,9-12,15H2,1H3,(H,23,28)(H,22,24,25). The summed E-state index contributed by atoms with van der Waals surface area (Å²) in [6.45, 7) is 5.50. The molecule has 28 heavy (non-hydrogen) atoms. The monoisotopic (exact) mass is 378 g/mol. The maximum Gasteiger partial charge on any atom is 0.240 e. The van der Waals surface area contributed by atoms with Crippen LogP contribution in [0.25, 0.3) is 10.9 Å². The molecule has 2 N–H and O–H groups in total. The summed E-state index contributed by atoms with van der Waals surface area (Å²) in [6, 6.07) is 12.1. The lowest BCUT2D eigenvalue weighted by Crippen LogP contribution is -2.31. The summed E-state index contributed by atoms with van der Waals surface area (Å²) in [4.78, 5) is 23.5. The van der Waals surface area contributed by atoms with Crippen LogP contribution >= 0.6 is 0 Å². The van der Waals surface area contributed by atoms with Crippen LogP contribution in [0, 0.1) is 6.92 Å². The van der Waals surface area contributed by atoms with Crippen LogP contribution in [0.2, 0.25) is 0 Å². The van der Waals surface area contributed by atoms with Crippen molar-refractivity contribution in [3.05, 3.63) is 48.4 Å². The van der Waals surface area contributed by atoms with Crippen LogP contribution in [-0.2, 0) is 11.3 Å². The smallest absolute Gasteiger partial charge is 0.240 e. The highest BCUT2D eigenvalue weighted by molar-refractivity contribution is 5.83. The van der Waals surface area contributed by atoms with Gasteiger partial charge >= 0.3 is 0 Å². The Kier molecular flexibility index (Phi) is 5.41. The molecule has 1 fully saturated rings. The number of carbonyl (C=O) groups is 1. The molecule has 3 aromatic rings. The van der Waals surface area contributed by atoms with Gasteiger partial charge in [0.1, 0.15) is 24.0 Å². The van der Waals surface area contributed by atoms with E-state index in [4.69, 9.17) is 0 Å². The van der Waals surface area contributed by atoms with Gasteiger partial charge in [0.25, 0.3) is 0 Å². The van der Waals surface area contributed by atoms with Crippen LogP contribution in [-0.4, -0.2) is 46.6 Å². The van der Waals surface area contributed by atoms with Gasteiger partial charge in [0.2, 0.25) is 5.91 Å². The molecule has 0 spiro atoms. The predicted octanol–water partition coefficient (Wildman–Crippen LogP) is 2.57. The molecule has 0 unspecified atom stereocenters. The van der Waals surface area contributed by atoms with E-state index in [0.717, 1.165) is 41.5 Å². The minimum absolute atomic E-state index is 0.000207. The number of hydrogen-bond acceptors (Lipinski definition) is 5. The molecular weight excluding hydrogens is 352 g/mol. The summed E-state index contributed by atoms with van der Waals surface area (Å²) in [5.74, 6) is 2.55. The Balaban J connectivity index is 1.27. The van der Waals surface area contributed by atoms with E-state index >= 15 is 0 Å². The zero-order valence-corrected chi connectivity index (χ0v) is 16.2. The second-order valence-electron chi connectivity index (χ2n) is 7.13. The molecule has 1 amide bonds. The normalized spacial score (nSPS) is 13.8. The Morgan fingerprint density at radius 3 is 2.79 bits per heavy atom. The quantitative estimate of drug-likeness (QED) is 0.618. The lowest BCUT2D eigenvalue weighted by atomic mass is 10.2. The molecule has 7 heteroatoms. The van der Waals surface area contributed by atoms with Gasteiger partial charge in [-0.3, -0.25) is 4.79 Å². The van der Waals surface area contributed by atoms with E-state index in [1.165, 1.54) is 12.8 Å². The van der Waals surface area contributed by atoms with Crippen molar-refractivity contribution in [2.24, 2.45) is 0 Å². The molecule has 146 valence electrons. The average molecular weight is 378 g/mol. The summed E-state index contributed by atoms with van der Waals surface area (Å²) in [5.41, 5.74) is 1.07. The van der Waals surface area contributed by atoms with E-state index < -0.39 is 0 Å². The van der Waals surface area contributed by atoms with E-state index in [9.17, 15) is 4.79 Å². The predicted molar refractivity (Wildman–Crippen MR) is 112 cm³/mol. The number of anilines is 2. The minimum Gasteiger partial charge on any atom is -0.368 e. The maximum atomic E-state index is 12.3. The molecule has 3 heterocycles. The number of aryl methyl sites for hydroxylation is 1. The number of fused-ring (bicyclic) bond motifs is 1. The third-order valence-electron chi connectivity index (χ3n) is 5.00. The van der Waals surface area contributed by atoms with Gasteiger partial charge in [-0.2, -0.15) is 0 Å². The number of nitrogens with one attached hydrogen (secondary N) is 2. The van der Waals surface area contributed by atoms with Crippen molar-refractivity contribution in [1.29, 1.82) is 0 Å². The molecule has 1 aliphatic rings. The van der Waals surface area contributed by atoms with Gasteiger partial charge in [0, 0.05) is 44.0 Å². The van der Waals surface area contributed by atoms with E-state index in [1.807, 2.05) is 54.1 Å². The molecule has 7 nitrogen and oxygen atoms in total. The van der Waals surface area contributed by atoms with Crippen LogP contribution in [0.5, 0.6) is 0 Å². The van der Waals surface area contributed by atoms with Gasteiger partial charge < -0.3 is 20.1 Å². The highest BCUT2D eigenvalue weighted by Crippen LogP contribution is 2.20. The Hall–Kier alpha value is -3.09. The van der Waals surface area contributed by atoms with Crippen LogP contribution in [0.3, 0.4) is 0 Å². The molecule has 1 saturated heterocycles. The Labute approximate surface area is 164 Å². The van der Waals surface area contributed by atoms with Gasteiger partial charge in [0.15, 0.2) is 0 Å². The summed E-state index contributed by atoms with van der Waals surface area (Å²) in [6.07, 6.45) is 4.38. The van der Waals surface area contributed by atoms with E-state index in [0.29, 0.717) is 19.6 Å². The van der Waals surface area contributed by atoms with Crippen LogP contribution < -0.4 is 15.5 Å². The first-order chi connectivity index (χ1) is 13.7. The fourth-order valence-corrected chi connectivity index (χ4v) is 3.63. The number of carbonyl (C=O) groups excluding carboxylic acids is 1. The molecular formula is C21H26N6O. The third-order valence-corrected chi connectivity index (χ3v) is 5.00. The second kappa shape index (κ2) is 8.29. The number of benzene rings is 1. The van der Waals surface area contributed by atoms with E-state index in [2.05, 4.69) is 25.5 Å². The zero-order valence-electron chi connectivity index (χ0n) is 16.2. The average Bonchev–Trinajstić information content (AvgIpc) is 3.36. The number of aromatic nitrogens is 3. The molecule has 0 radical (unpaired) electrons. The van der Waals surface area contributed by atoms with Crippen LogP contribution in [0.4, 0.5) is 11.6 Å². The first-order valence-corrected chi connectivity index (χ1v) is 9.84. The molecule has 0 saturated carbocycles. The summed E-state index contributed by atoms with van der Waals surface area (Å²) < 4.78 is 1.97. The highest BCUT2D eigenvalue weighted by Gasteiger charge is 2.15. The number of para-hydroxylation sites is 1. The molecule has 0 atom stereocenters. The van der Waals surface area contributed by atoms with Crippen LogP contribution in [0.15, 0.2) is 42.6 Å². The van der Waals surface area contributed by atoms with Gasteiger partial charge in [-0.15, -0.1) is 0 Å². The van der Waals surface area contributed by atoms with Gasteiger partial charge in [0.05, 0.1) is 0 Å². The molecule has 0 bridgehead atoms. The molecule has 0 aliphatic carbocycles. The minimum atomic E-state index is -0.000207. The lowest BCUT2D eigenvalue weighted by molar-refractivity contribution is -0.121. The molecule has 4 rings (SSSR count). The summed E-state index contributed by atoms with van der Waals surface area (Å²) in [7, 11) is 0. The molecule has 1 aliphatic heterocycles. The fourth-order valence-electron chi connectivity index (χ4n) is 3.63. The number of amides is 1. The molecule has 2 aromatic heterocycles. The fraction of sp³-hybridized carbons (Fsp3) is 0.381. The zero-order chi connectivity index (χ0) is 19.3. The Bertz CT molecular complexity index is 960. The van der Waals surface area contributed by atoms with Gasteiger partial charge in [-0.1, -0.05) is 18.2 Å². The van der Waals surface area contributed by atoms with Crippen molar-refractivity contribution in [1.82, 2.24) is 19.9 Å². The van der Waals surface area contributed by atoms with Gasteiger partial charge in [-0.25, -0.2) is 9.97 Å². The lowest BCUT2D eigenvalue weighted by Gasteiger charge is -2.17. The number of nitrogens with zero attached hydrogens (tertiary/aromatic N) is 4. The third kappa shape index (κ3) is 4.24. The first-order valence-electron chi connectivity index (χ1n) is 9.84. The largest absolute Gasteiger partial charge is 0.368 e. The maximum absolute atomic E-state index is 12.3. The Morgan fingerprint density at radius 1 is 1.11 bits per heavy atom. The molecule has 1 aromatic carbocycles. The topological polar surface area (TPSA) is 75.1 Å². The van der Waals surface area contributed by atoms with Crippen LogP contribution in [0.1, 0.15) is 18.7 Å². The van der Waals surface area contributed by atoms with E-state index in [1.54, 1.807) is 0 Å². The summed E-state index contributed by atoms with van der Waals surface area (Å²) in [5, 5.41) is 7.40. The highest BCUT2D eigenvalue weighted by atomic mass is 16.1. The number of rotatable bonds is 7. The first kappa shape index (κ1) is 18.3. The van der Waals surface area contributed by atoms with Crippen molar-refractivity contribution in [2.75, 3.05) is 36.4 Å². The van der Waals surface area contributed by atoms with Crippen molar-refractivity contribution in [3.63, 3.8) is 0 Å². The number of hydrogen-bond donors (Lipinski definition) is 2. The van der Waals surface area contributed by atoms with Crippen molar-refractivity contribution >= 4 is 28.4 Å². The second-order valence-corrected chi connectivity index (χ2v) is 7.13. The Morgan fingerprint density at radius 2 is 1.93 bits per heavy atom. The van der Waals surface area contributed by atoms with E-state index in [-0.39, 0.29) is 5.91 Å². The van der Waals surface area contributed by atoms with Crippen molar-refractivity contribution in [3.8, 4) is 0 Å². The SMILES string of the molecule is Cc1nc(NCCNC(=O)Cn2ccc3ccccc32)cc(N2CCCC2)n1. The van der Waals surface area contributed by atoms with Gasteiger partial charge in [-0.05, 0) is 37.3 Å². The van der Waals surface area contributed by atoms with Crippen molar-refractivity contribution in [2.45, 2.75) is 26.3 Å². The van der Waals surface area contributed by atoms with Crippen molar-refractivity contribution < 1.29 is 4.79 Å². The summed E-state index contributed by atoms with van der Waals surface area (Å²) >= 11 is 0.